The Morgan fingerprint density at radius 3 is 2.11 bits per heavy atom. The second-order valence-electron chi connectivity index (χ2n) is 7.28. The number of nitrogens with one attached hydrogen (secondary N) is 3. The second kappa shape index (κ2) is 9.69. The number of amides is 3. The van der Waals surface area contributed by atoms with Gasteiger partial charge in [0.2, 0.25) is 0 Å². The average molecular weight is 381 g/mol. The van der Waals surface area contributed by atoms with Gasteiger partial charge < -0.3 is 5.32 Å². The second-order valence-corrected chi connectivity index (χ2v) is 7.28. The zero-order chi connectivity index (χ0) is 20.7. The van der Waals surface area contributed by atoms with Crippen molar-refractivity contribution in [3.8, 4) is 0 Å². The Hall–Kier alpha value is -3.15. The fourth-order valence-corrected chi connectivity index (χ4v) is 2.75. The van der Waals surface area contributed by atoms with Crippen molar-refractivity contribution < 1.29 is 14.4 Å². The zero-order valence-electron chi connectivity index (χ0n) is 16.7. The minimum Gasteiger partial charge on any atom is -0.340 e. The molecule has 148 valence electrons. The molecular formula is C22H27N3O3. The van der Waals surface area contributed by atoms with Gasteiger partial charge in [0, 0.05) is 11.1 Å². The van der Waals surface area contributed by atoms with Crippen LogP contribution in [0.4, 0.5) is 0 Å². The van der Waals surface area contributed by atoms with Gasteiger partial charge in [-0.15, -0.1) is 0 Å². The monoisotopic (exact) mass is 381 g/mol. The Kier molecular flexibility index (Phi) is 7.32. The molecule has 0 aromatic heterocycles. The van der Waals surface area contributed by atoms with Crippen LogP contribution in [0.15, 0.2) is 48.5 Å². The van der Waals surface area contributed by atoms with E-state index in [-0.39, 0.29) is 11.8 Å². The predicted molar refractivity (Wildman–Crippen MR) is 109 cm³/mol. The van der Waals surface area contributed by atoms with Crippen LogP contribution >= 0.6 is 0 Å². The highest BCUT2D eigenvalue weighted by Crippen LogP contribution is 2.10. The molecule has 0 saturated heterocycles. The highest BCUT2D eigenvalue weighted by atomic mass is 16.2. The van der Waals surface area contributed by atoms with Crippen LogP contribution in [0, 0.1) is 19.8 Å². The average Bonchev–Trinajstić information content (AvgIpc) is 2.65. The van der Waals surface area contributed by atoms with Crippen LogP contribution in [0.1, 0.15) is 52.1 Å². The fraction of sp³-hybridized carbons (Fsp3) is 0.318. The number of carbonyl (C=O) groups excluding carboxylic acids is 3. The summed E-state index contributed by atoms with van der Waals surface area (Å²) in [6.07, 6.45) is 0.448. The zero-order valence-corrected chi connectivity index (χ0v) is 16.7. The summed E-state index contributed by atoms with van der Waals surface area (Å²) < 4.78 is 0. The first-order valence-electron chi connectivity index (χ1n) is 9.31. The van der Waals surface area contributed by atoms with Crippen molar-refractivity contribution >= 4 is 17.7 Å². The molecule has 0 aliphatic rings. The maximum atomic E-state index is 12.6. The SMILES string of the molecule is Cc1ccc(C(=O)NNC(=O)[C@@H](CC(C)C)NC(=O)c2ccccc2C)cc1. The summed E-state index contributed by atoms with van der Waals surface area (Å²) in [5.74, 6) is -1.01. The molecule has 2 rings (SSSR count). The van der Waals surface area contributed by atoms with E-state index in [0.29, 0.717) is 17.5 Å². The van der Waals surface area contributed by atoms with Gasteiger partial charge in [0.25, 0.3) is 17.7 Å². The highest BCUT2D eigenvalue weighted by molar-refractivity contribution is 5.99. The highest BCUT2D eigenvalue weighted by Gasteiger charge is 2.23. The lowest BCUT2D eigenvalue weighted by Gasteiger charge is -2.21. The minimum atomic E-state index is -0.759. The minimum absolute atomic E-state index is 0.181. The van der Waals surface area contributed by atoms with Crippen molar-refractivity contribution in [3.63, 3.8) is 0 Å². The van der Waals surface area contributed by atoms with Crippen LogP contribution in [-0.2, 0) is 4.79 Å². The molecule has 0 aliphatic heterocycles. The molecule has 6 nitrogen and oxygen atoms in total. The van der Waals surface area contributed by atoms with Crippen molar-refractivity contribution in [2.75, 3.05) is 0 Å². The Labute approximate surface area is 165 Å². The van der Waals surface area contributed by atoms with Crippen molar-refractivity contribution in [2.24, 2.45) is 5.92 Å². The molecule has 1 atom stereocenters. The molecule has 0 bridgehead atoms. The van der Waals surface area contributed by atoms with E-state index in [1.165, 1.54) is 0 Å². The molecule has 0 fully saturated rings. The molecule has 0 radical (unpaired) electrons. The van der Waals surface area contributed by atoms with Crippen LogP contribution in [0.25, 0.3) is 0 Å². The molecule has 2 aromatic carbocycles. The van der Waals surface area contributed by atoms with Crippen LogP contribution in [-0.4, -0.2) is 23.8 Å². The number of hydrazine groups is 1. The number of carbonyl (C=O) groups is 3. The van der Waals surface area contributed by atoms with Gasteiger partial charge in [-0.3, -0.25) is 25.2 Å². The van der Waals surface area contributed by atoms with E-state index in [1.54, 1.807) is 24.3 Å². The van der Waals surface area contributed by atoms with Crippen LogP contribution in [0.3, 0.4) is 0 Å². The third-order valence-corrected chi connectivity index (χ3v) is 4.33. The summed E-state index contributed by atoms with van der Waals surface area (Å²) in [4.78, 5) is 37.3. The van der Waals surface area contributed by atoms with Gasteiger partial charge in [-0.2, -0.15) is 0 Å². The summed E-state index contributed by atoms with van der Waals surface area (Å²) in [5, 5.41) is 2.77. The van der Waals surface area contributed by atoms with Crippen molar-refractivity contribution in [1.82, 2.24) is 16.2 Å². The smallest absolute Gasteiger partial charge is 0.269 e. The predicted octanol–water partition coefficient (Wildman–Crippen LogP) is 2.91. The molecule has 0 saturated carbocycles. The molecule has 6 heteroatoms. The normalized spacial score (nSPS) is 11.6. The molecule has 3 N–H and O–H groups in total. The maximum Gasteiger partial charge on any atom is 0.269 e. The van der Waals surface area contributed by atoms with Crippen LogP contribution in [0.5, 0.6) is 0 Å². The summed E-state index contributed by atoms with van der Waals surface area (Å²) in [6.45, 7) is 7.70. The lowest BCUT2D eigenvalue weighted by atomic mass is 10.0. The third-order valence-electron chi connectivity index (χ3n) is 4.33. The van der Waals surface area contributed by atoms with Gasteiger partial charge in [-0.1, -0.05) is 49.7 Å². The molecule has 0 aliphatic carbocycles. The number of hydrogen-bond donors (Lipinski definition) is 3. The van der Waals surface area contributed by atoms with Gasteiger partial charge in [-0.05, 0) is 49.9 Å². The summed E-state index contributed by atoms with van der Waals surface area (Å²) in [7, 11) is 0. The number of rotatable bonds is 6. The van der Waals surface area contributed by atoms with Gasteiger partial charge in [0.1, 0.15) is 6.04 Å². The number of benzene rings is 2. The Bertz CT molecular complexity index is 844. The topological polar surface area (TPSA) is 87.3 Å². The standard InChI is InChI=1S/C22H27N3O3/c1-14(2)13-19(23-21(27)18-8-6-5-7-16(18)4)22(28)25-24-20(26)17-11-9-15(3)10-12-17/h5-12,14,19H,13H2,1-4H3,(H,23,27)(H,24,26)(H,25,28)/t19-/m1/s1. The molecule has 0 heterocycles. The van der Waals surface area contributed by atoms with Gasteiger partial charge >= 0.3 is 0 Å². The van der Waals surface area contributed by atoms with E-state index in [4.69, 9.17) is 0 Å². The molecule has 3 amide bonds. The van der Waals surface area contributed by atoms with E-state index in [1.807, 2.05) is 52.0 Å². The largest absolute Gasteiger partial charge is 0.340 e. The first-order chi connectivity index (χ1) is 13.3. The first kappa shape index (κ1) is 21.2. The lowest BCUT2D eigenvalue weighted by Crippen LogP contribution is -2.52. The lowest BCUT2D eigenvalue weighted by molar-refractivity contribution is -0.124. The molecule has 0 unspecified atom stereocenters. The Morgan fingerprint density at radius 1 is 0.857 bits per heavy atom. The van der Waals surface area contributed by atoms with E-state index in [0.717, 1.165) is 11.1 Å². The molecular weight excluding hydrogens is 354 g/mol. The summed E-state index contributed by atoms with van der Waals surface area (Å²) in [6, 6.07) is 13.4. The molecule has 0 spiro atoms. The van der Waals surface area contributed by atoms with E-state index in [2.05, 4.69) is 16.2 Å². The molecule has 28 heavy (non-hydrogen) atoms. The Balaban J connectivity index is 2.02. The van der Waals surface area contributed by atoms with Gasteiger partial charge in [-0.25, -0.2) is 0 Å². The third kappa shape index (κ3) is 5.94. The number of hydrogen-bond acceptors (Lipinski definition) is 3. The van der Waals surface area contributed by atoms with Gasteiger partial charge in [0.05, 0.1) is 0 Å². The van der Waals surface area contributed by atoms with Crippen molar-refractivity contribution in [1.29, 1.82) is 0 Å². The van der Waals surface area contributed by atoms with Crippen molar-refractivity contribution in [2.45, 2.75) is 40.2 Å². The van der Waals surface area contributed by atoms with Crippen LogP contribution < -0.4 is 16.2 Å². The first-order valence-corrected chi connectivity index (χ1v) is 9.31. The van der Waals surface area contributed by atoms with E-state index >= 15 is 0 Å². The van der Waals surface area contributed by atoms with E-state index < -0.39 is 17.9 Å². The van der Waals surface area contributed by atoms with Crippen LogP contribution in [0.2, 0.25) is 0 Å². The quantitative estimate of drug-likeness (QED) is 0.673. The molecule has 2 aromatic rings. The number of aryl methyl sites for hydroxylation is 2. The van der Waals surface area contributed by atoms with E-state index in [9.17, 15) is 14.4 Å². The van der Waals surface area contributed by atoms with Gasteiger partial charge in [0.15, 0.2) is 0 Å². The summed E-state index contributed by atoms with van der Waals surface area (Å²) >= 11 is 0. The maximum absolute atomic E-state index is 12.6. The summed E-state index contributed by atoms with van der Waals surface area (Å²) in [5.41, 5.74) is 7.66. The Morgan fingerprint density at radius 2 is 1.50 bits per heavy atom. The van der Waals surface area contributed by atoms with Crippen molar-refractivity contribution in [3.05, 3.63) is 70.8 Å². The fourth-order valence-electron chi connectivity index (χ4n) is 2.75.